The lowest BCUT2D eigenvalue weighted by Crippen LogP contribution is -2.31. The van der Waals surface area contributed by atoms with Crippen molar-refractivity contribution in [3.63, 3.8) is 0 Å². The highest BCUT2D eigenvalue weighted by Gasteiger charge is 2.27. The van der Waals surface area contributed by atoms with Crippen molar-refractivity contribution in [3.05, 3.63) is 0 Å². The fourth-order valence-electron chi connectivity index (χ4n) is 0.829. The van der Waals surface area contributed by atoms with Crippen LogP contribution in [-0.4, -0.2) is 17.5 Å². The maximum Gasteiger partial charge on any atom is 0.128 e. The minimum absolute atomic E-state index is 0.434. The molecule has 0 aliphatic heterocycles. The van der Waals surface area contributed by atoms with E-state index in [0.29, 0.717) is 12.3 Å². The second-order valence-electron chi connectivity index (χ2n) is 4.08. The second kappa shape index (κ2) is 3.86. The lowest BCUT2D eigenvalue weighted by atomic mass is 9.84. The lowest BCUT2D eigenvalue weighted by molar-refractivity contribution is -0.120. The SMILES string of the molecule is CC(C)C[C@H](O)C(C)(C)C=O. The van der Waals surface area contributed by atoms with Crippen LogP contribution >= 0.6 is 0 Å². The summed E-state index contributed by atoms with van der Waals surface area (Å²) in [6, 6.07) is 0. The normalized spacial score (nSPS) is 15.1. The Morgan fingerprint density at radius 2 is 1.91 bits per heavy atom. The maximum atomic E-state index is 10.5. The summed E-state index contributed by atoms with van der Waals surface area (Å²) in [5.41, 5.74) is -0.593. The Balaban J connectivity index is 4.01. The van der Waals surface area contributed by atoms with Gasteiger partial charge < -0.3 is 9.90 Å². The van der Waals surface area contributed by atoms with Gasteiger partial charge in [0.2, 0.25) is 0 Å². The van der Waals surface area contributed by atoms with E-state index in [1.807, 2.05) is 13.8 Å². The van der Waals surface area contributed by atoms with Crippen molar-refractivity contribution in [2.24, 2.45) is 11.3 Å². The molecule has 2 heteroatoms. The molecule has 0 fully saturated rings. The Bertz CT molecular complexity index is 128. The smallest absolute Gasteiger partial charge is 0.128 e. The summed E-state index contributed by atoms with van der Waals surface area (Å²) in [6.45, 7) is 7.58. The largest absolute Gasteiger partial charge is 0.392 e. The highest BCUT2D eigenvalue weighted by atomic mass is 16.3. The standard InChI is InChI=1S/C9H18O2/c1-7(2)5-8(11)9(3,4)6-10/h6-8,11H,5H2,1-4H3/t8-/m0/s1. The number of aldehydes is 1. The first-order valence-corrected chi connectivity index (χ1v) is 4.04. The predicted molar refractivity (Wildman–Crippen MR) is 45.3 cm³/mol. The zero-order valence-corrected chi connectivity index (χ0v) is 7.79. The third kappa shape index (κ3) is 3.51. The summed E-state index contributed by atoms with van der Waals surface area (Å²) < 4.78 is 0. The number of carbonyl (C=O) groups excluding carboxylic acids is 1. The van der Waals surface area contributed by atoms with E-state index < -0.39 is 11.5 Å². The van der Waals surface area contributed by atoms with Gasteiger partial charge in [0.1, 0.15) is 6.29 Å². The van der Waals surface area contributed by atoms with Crippen LogP contribution in [0.15, 0.2) is 0 Å². The number of hydrogen-bond donors (Lipinski definition) is 1. The van der Waals surface area contributed by atoms with Crippen molar-refractivity contribution in [2.75, 3.05) is 0 Å². The first-order valence-electron chi connectivity index (χ1n) is 4.04. The topological polar surface area (TPSA) is 37.3 Å². The van der Waals surface area contributed by atoms with Crippen molar-refractivity contribution < 1.29 is 9.90 Å². The number of hydrogen-bond acceptors (Lipinski definition) is 2. The van der Waals surface area contributed by atoms with E-state index in [1.54, 1.807) is 13.8 Å². The zero-order valence-electron chi connectivity index (χ0n) is 7.79. The van der Waals surface area contributed by atoms with E-state index in [4.69, 9.17) is 0 Å². The number of aliphatic hydroxyl groups excluding tert-OH is 1. The molecule has 0 amide bonds. The van der Waals surface area contributed by atoms with Crippen molar-refractivity contribution in [1.82, 2.24) is 0 Å². The molecule has 0 aliphatic rings. The molecule has 0 saturated carbocycles. The monoisotopic (exact) mass is 158 g/mol. The summed E-state index contributed by atoms with van der Waals surface area (Å²) in [5, 5.41) is 9.52. The molecule has 1 atom stereocenters. The lowest BCUT2D eigenvalue weighted by Gasteiger charge is -2.25. The second-order valence-corrected chi connectivity index (χ2v) is 4.08. The van der Waals surface area contributed by atoms with Gasteiger partial charge >= 0.3 is 0 Å². The third-order valence-corrected chi connectivity index (χ3v) is 1.86. The van der Waals surface area contributed by atoms with Gasteiger partial charge in [-0.25, -0.2) is 0 Å². The highest BCUT2D eigenvalue weighted by molar-refractivity contribution is 5.58. The van der Waals surface area contributed by atoms with Crippen LogP contribution < -0.4 is 0 Å². The van der Waals surface area contributed by atoms with Crippen LogP contribution in [0.1, 0.15) is 34.1 Å². The summed E-state index contributed by atoms with van der Waals surface area (Å²) in [4.78, 5) is 10.5. The molecule has 0 aromatic heterocycles. The van der Waals surface area contributed by atoms with Crippen LogP contribution in [0.2, 0.25) is 0 Å². The minimum Gasteiger partial charge on any atom is -0.392 e. The summed E-state index contributed by atoms with van der Waals surface area (Å²) >= 11 is 0. The molecule has 0 radical (unpaired) electrons. The van der Waals surface area contributed by atoms with Gasteiger partial charge in [0.15, 0.2) is 0 Å². The first-order chi connectivity index (χ1) is 4.90. The van der Waals surface area contributed by atoms with Crippen LogP contribution in [0, 0.1) is 11.3 Å². The molecule has 0 unspecified atom stereocenters. The minimum atomic E-state index is -0.593. The van der Waals surface area contributed by atoms with E-state index >= 15 is 0 Å². The summed E-state index contributed by atoms with van der Waals surface area (Å²) in [5.74, 6) is 0.434. The molecule has 11 heavy (non-hydrogen) atoms. The van der Waals surface area contributed by atoms with Crippen LogP contribution in [-0.2, 0) is 4.79 Å². The van der Waals surface area contributed by atoms with Crippen LogP contribution in [0.4, 0.5) is 0 Å². The Labute approximate surface area is 68.6 Å². The first kappa shape index (κ1) is 10.6. The van der Waals surface area contributed by atoms with Crippen LogP contribution in [0.25, 0.3) is 0 Å². The van der Waals surface area contributed by atoms with E-state index in [1.165, 1.54) is 0 Å². The third-order valence-electron chi connectivity index (χ3n) is 1.86. The van der Waals surface area contributed by atoms with Gasteiger partial charge in [-0.2, -0.15) is 0 Å². The molecule has 0 heterocycles. The fourth-order valence-corrected chi connectivity index (χ4v) is 0.829. The van der Waals surface area contributed by atoms with Gasteiger partial charge in [-0.3, -0.25) is 0 Å². The maximum absolute atomic E-state index is 10.5. The van der Waals surface area contributed by atoms with Gasteiger partial charge in [0.05, 0.1) is 6.10 Å². The zero-order chi connectivity index (χ0) is 9.07. The van der Waals surface area contributed by atoms with Gasteiger partial charge in [-0.05, 0) is 12.3 Å². The van der Waals surface area contributed by atoms with Crippen molar-refractivity contribution in [2.45, 2.75) is 40.2 Å². The average molecular weight is 158 g/mol. The molecule has 2 nitrogen and oxygen atoms in total. The van der Waals surface area contributed by atoms with Crippen LogP contribution in [0.5, 0.6) is 0 Å². The highest BCUT2D eigenvalue weighted by Crippen LogP contribution is 2.22. The Hall–Kier alpha value is -0.370. The van der Waals surface area contributed by atoms with E-state index in [-0.39, 0.29) is 0 Å². The molecule has 0 aromatic carbocycles. The molecule has 66 valence electrons. The Morgan fingerprint density at radius 1 is 1.45 bits per heavy atom. The Kier molecular flexibility index (Phi) is 3.73. The molecule has 0 aromatic rings. The van der Waals surface area contributed by atoms with E-state index in [0.717, 1.165) is 6.29 Å². The molecule has 0 saturated heterocycles. The molecule has 0 aliphatic carbocycles. The molecular weight excluding hydrogens is 140 g/mol. The summed E-state index contributed by atoms with van der Waals surface area (Å²) in [7, 11) is 0. The molecule has 0 spiro atoms. The van der Waals surface area contributed by atoms with Crippen LogP contribution in [0.3, 0.4) is 0 Å². The molecular formula is C9H18O2. The number of carbonyl (C=O) groups is 1. The van der Waals surface area contributed by atoms with Crippen molar-refractivity contribution >= 4 is 6.29 Å². The van der Waals surface area contributed by atoms with E-state index in [2.05, 4.69) is 0 Å². The fraction of sp³-hybridized carbons (Fsp3) is 0.889. The van der Waals surface area contributed by atoms with E-state index in [9.17, 15) is 9.90 Å². The predicted octanol–water partition coefficient (Wildman–Crippen LogP) is 1.62. The number of aliphatic hydroxyl groups is 1. The molecule has 0 bridgehead atoms. The van der Waals surface area contributed by atoms with Gasteiger partial charge in [0.25, 0.3) is 0 Å². The van der Waals surface area contributed by atoms with Gasteiger partial charge in [-0.15, -0.1) is 0 Å². The summed E-state index contributed by atoms with van der Waals surface area (Å²) in [6.07, 6.45) is 0.992. The van der Waals surface area contributed by atoms with Crippen molar-refractivity contribution in [1.29, 1.82) is 0 Å². The quantitative estimate of drug-likeness (QED) is 0.631. The molecule has 0 rings (SSSR count). The Morgan fingerprint density at radius 3 is 2.18 bits per heavy atom. The average Bonchev–Trinajstić information content (AvgIpc) is 1.86. The van der Waals surface area contributed by atoms with Gasteiger partial charge in [-0.1, -0.05) is 27.7 Å². The van der Waals surface area contributed by atoms with Crippen molar-refractivity contribution in [3.8, 4) is 0 Å². The van der Waals surface area contributed by atoms with Gasteiger partial charge in [0, 0.05) is 5.41 Å². The number of rotatable bonds is 4. The molecule has 1 N–H and O–H groups in total.